The summed E-state index contributed by atoms with van der Waals surface area (Å²) in [5, 5.41) is 2.81. The molecule has 10 heteroatoms. The standard InChI is InChI=1S/C16H20F4N2O3S/c17-14-7-6-12(10-13(14)16(18,19)20)26(24,25)21-9-8-15(23)22-11-4-2-1-3-5-11/h6-7,10-11,21H,1-5,8-9H2,(H,22,23). The number of sulfonamides is 1. The summed E-state index contributed by atoms with van der Waals surface area (Å²) in [5.74, 6) is -1.88. The lowest BCUT2D eigenvalue weighted by molar-refractivity contribution is -0.140. The Kier molecular flexibility index (Phi) is 6.62. The van der Waals surface area contributed by atoms with Crippen LogP contribution >= 0.6 is 0 Å². The van der Waals surface area contributed by atoms with Gasteiger partial charge in [-0.2, -0.15) is 13.2 Å². The first kappa shape index (κ1) is 20.6. The highest BCUT2D eigenvalue weighted by Crippen LogP contribution is 2.32. The van der Waals surface area contributed by atoms with Crippen molar-refractivity contribution < 1.29 is 30.8 Å². The Morgan fingerprint density at radius 3 is 2.42 bits per heavy atom. The Morgan fingerprint density at radius 2 is 1.81 bits per heavy atom. The van der Waals surface area contributed by atoms with E-state index in [1.54, 1.807) is 0 Å². The van der Waals surface area contributed by atoms with Gasteiger partial charge in [0.25, 0.3) is 0 Å². The quantitative estimate of drug-likeness (QED) is 0.726. The first-order valence-electron chi connectivity index (χ1n) is 8.25. The summed E-state index contributed by atoms with van der Waals surface area (Å²) in [5.41, 5.74) is -1.66. The van der Waals surface area contributed by atoms with E-state index in [9.17, 15) is 30.8 Å². The lowest BCUT2D eigenvalue weighted by Gasteiger charge is -2.22. The number of carbonyl (C=O) groups excluding carboxylic acids is 1. The molecule has 0 atom stereocenters. The van der Waals surface area contributed by atoms with Crippen LogP contribution in [0.5, 0.6) is 0 Å². The fourth-order valence-electron chi connectivity index (χ4n) is 2.82. The van der Waals surface area contributed by atoms with Gasteiger partial charge in [-0.3, -0.25) is 4.79 Å². The molecule has 1 saturated carbocycles. The third kappa shape index (κ3) is 5.66. The monoisotopic (exact) mass is 396 g/mol. The summed E-state index contributed by atoms with van der Waals surface area (Å²) in [7, 11) is -4.29. The van der Waals surface area contributed by atoms with E-state index in [0.29, 0.717) is 6.07 Å². The molecule has 1 aromatic carbocycles. The van der Waals surface area contributed by atoms with Gasteiger partial charge in [0, 0.05) is 19.0 Å². The zero-order valence-corrected chi connectivity index (χ0v) is 14.7. The van der Waals surface area contributed by atoms with E-state index in [1.807, 2.05) is 0 Å². The highest BCUT2D eigenvalue weighted by atomic mass is 32.2. The van der Waals surface area contributed by atoms with E-state index < -0.39 is 32.5 Å². The van der Waals surface area contributed by atoms with Crippen LogP contribution in [0.1, 0.15) is 44.1 Å². The third-order valence-electron chi connectivity index (χ3n) is 4.17. The minimum atomic E-state index is -5.00. The van der Waals surface area contributed by atoms with Crippen molar-refractivity contribution in [1.82, 2.24) is 10.0 Å². The largest absolute Gasteiger partial charge is 0.419 e. The molecule has 1 aliphatic carbocycles. The molecule has 2 N–H and O–H groups in total. The van der Waals surface area contributed by atoms with Gasteiger partial charge in [0.15, 0.2) is 0 Å². The summed E-state index contributed by atoms with van der Waals surface area (Å²) in [6, 6.07) is 1.52. The van der Waals surface area contributed by atoms with Gasteiger partial charge in [0.05, 0.1) is 10.5 Å². The Labute approximate surface area is 149 Å². The molecule has 1 aromatic rings. The summed E-state index contributed by atoms with van der Waals surface area (Å²) in [6.07, 6.45) is -0.184. The van der Waals surface area contributed by atoms with Crippen molar-refractivity contribution in [1.29, 1.82) is 0 Å². The summed E-state index contributed by atoms with van der Waals surface area (Å²) >= 11 is 0. The summed E-state index contributed by atoms with van der Waals surface area (Å²) in [6.45, 7) is -0.264. The topological polar surface area (TPSA) is 75.3 Å². The average Bonchev–Trinajstić information content (AvgIpc) is 2.54. The minimum absolute atomic E-state index is 0.0827. The van der Waals surface area contributed by atoms with Gasteiger partial charge in [-0.15, -0.1) is 0 Å². The second-order valence-corrected chi connectivity index (χ2v) is 7.96. The number of benzene rings is 1. The van der Waals surface area contributed by atoms with E-state index >= 15 is 0 Å². The average molecular weight is 396 g/mol. The van der Waals surface area contributed by atoms with Crippen molar-refractivity contribution in [3.8, 4) is 0 Å². The molecule has 0 unspecified atom stereocenters. The van der Waals surface area contributed by atoms with E-state index in [2.05, 4.69) is 10.0 Å². The number of hydrogen-bond acceptors (Lipinski definition) is 3. The molecule has 146 valence electrons. The Bertz CT molecular complexity index is 744. The molecule has 1 fully saturated rings. The van der Waals surface area contributed by atoms with Gasteiger partial charge in [-0.1, -0.05) is 19.3 Å². The molecule has 0 radical (unpaired) electrons. The molecule has 2 rings (SSSR count). The number of carbonyl (C=O) groups is 1. The molecule has 0 aliphatic heterocycles. The van der Waals surface area contributed by atoms with E-state index in [4.69, 9.17) is 0 Å². The number of amides is 1. The SMILES string of the molecule is O=C(CCNS(=O)(=O)c1ccc(F)c(C(F)(F)F)c1)NC1CCCCC1. The van der Waals surface area contributed by atoms with Gasteiger partial charge in [0.1, 0.15) is 5.82 Å². The van der Waals surface area contributed by atoms with Crippen LogP contribution in [0, 0.1) is 5.82 Å². The van der Waals surface area contributed by atoms with Crippen LogP contribution in [-0.4, -0.2) is 26.9 Å². The smallest absolute Gasteiger partial charge is 0.353 e. The normalized spacial score (nSPS) is 16.5. The second-order valence-electron chi connectivity index (χ2n) is 6.19. The van der Waals surface area contributed by atoms with Crippen LogP contribution in [0.4, 0.5) is 17.6 Å². The molecule has 0 spiro atoms. The lowest BCUT2D eigenvalue weighted by atomic mass is 9.95. The second kappa shape index (κ2) is 8.34. The number of hydrogen-bond donors (Lipinski definition) is 2. The van der Waals surface area contributed by atoms with Crippen LogP contribution in [0.25, 0.3) is 0 Å². The van der Waals surface area contributed by atoms with Gasteiger partial charge in [-0.05, 0) is 31.0 Å². The summed E-state index contributed by atoms with van der Waals surface area (Å²) < 4.78 is 77.5. The molecule has 0 bridgehead atoms. The lowest BCUT2D eigenvalue weighted by Crippen LogP contribution is -2.38. The van der Waals surface area contributed by atoms with Crippen molar-refractivity contribution in [2.24, 2.45) is 0 Å². The molecule has 1 amide bonds. The predicted molar refractivity (Wildman–Crippen MR) is 86.2 cm³/mol. The maximum absolute atomic E-state index is 13.2. The van der Waals surface area contributed by atoms with Crippen molar-refractivity contribution in [2.75, 3.05) is 6.54 Å². The molecule has 26 heavy (non-hydrogen) atoms. The Hall–Kier alpha value is -1.68. The predicted octanol–water partition coefficient (Wildman–Crippen LogP) is 2.96. The van der Waals surface area contributed by atoms with E-state index in [0.717, 1.165) is 38.2 Å². The minimum Gasteiger partial charge on any atom is -0.353 e. The number of alkyl halides is 3. The van der Waals surface area contributed by atoms with Gasteiger partial charge in [-0.25, -0.2) is 17.5 Å². The van der Waals surface area contributed by atoms with Crippen molar-refractivity contribution in [3.05, 3.63) is 29.6 Å². The van der Waals surface area contributed by atoms with Gasteiger partial charge >= 0.3 is 6.18 Å². The molecule has 0 aromatic heterocycles. The molecule has 0 heterocycles. The van der Waals surface area contributed by atoms with E-state index in [-0.39, 0.29) is 31.0 Å². The molecule has 0 saturated heterocycles. The van der Waals surface area contributed by atoms with Crippen molar-refractivity contribution in [3.63, 3.8) is 0 Å². The fourth-order valence-corrected chi connectivity index (χ4v) is 3.88. The first-order valence-corrected chi connectivity index (χ1v) is 9.74. The maximum Gasteiger partial charge on any atom is 0.419 e. The zero-order valence-electron chi connectivity index (χ0n) is 13.9. The maximum atomic E-state index is 13.2. The van der Waals surface area contributed by atoms with Crippen LogP contribution in [-0.2, 0) is 21.0 Å². The molecular formula is C16H20F4N2O3S. The number of nitrogens with one attached hydrogen (secondary N) is 2. The van der Waals surface area contributed by atoms with Gasteiger partial charge < -0.3 is 5.32 Å². The van der Waals surface area contributed by atoms with Gasteiger partial charge in [0.2, 0.25) is 15.9 Å². The number of rotatable bonds is 6. The van der Waals surface area contributed by atoms with E-state index in [1.165, 1.54) is 0 Å². The van der Waals surface area contributed by atoms with Crippen LogP contribution in [0.15, 0.2) is 23.1 Å². The van der Waals surface area contributed by atoms with Crippen LogP contribution in [0.2, 0.25) is 0 Å². The molecular weight excluding hydrogens is 376 g/mol. The Balaban J connectivity index is 1.93. The highest BCUT2D eigenvalue weighted by molar-refractivity contribution is 7.89. The molecule has 1 aliphatic rings. The zero-order chi connectivity index (χ0) is 19.4. The van der Waals surface area contributed by atoms with Crippen LogP contribution in [0.3, 0.4) is 0 Å². The van der Waals surface area contributed by atoms with Crippen molar-refractivity contribution in [2.45, 2.75) is 55.6 Å². The highest BCUT2D eigenvalue weighted by Gasteiger charge is 2.35. The number of halogens is 4. The Morgan fingerprint density at radius 1 is 1.15 bits per heavy atom. The van der Waals surface area contributed by atoms with Crippen molar-refractivity contribution >= 4 is 15.9 Å². The molecule has 5 nitrogen and oxygen atoms in total. The fraction of sp³-hybridized carbons (Fsp3) is 0.562. The van der Waals surface area contributed by atoms with Crippen LogP contribution < -0.4 is 10.0 Å². The third-order valence-corrected chi connectivity index (χ3v) is 5.63. The summed E-state index contributed by atoms with van der Waals surface area (Å²) in [4.78, 5) is 11.1. The first-order chi connectivity index (χ1) is 12.1.